The van der Waals surface area contributed by atoms with Crippen molar-refractivity contribution in [3.63, 3.8) is 0 Å². The standard InChI is InChI=1S/C16H21NO3/c1-5-17-12(10-16(2,3)15(18)19)9-11-7-6-8-13(20-4)14(11)17/h6-9H,5,10H2,1-4H3,(H,18,19). The monoisotopic (exact) mass is 275 g/mol. The van der Waals surface area contributed by atoms with Gasteiger partial charge in [0.2, 0.25) is 0 Å². The van der Waals surface area contributed by atoms with Crippen LogP contribution in [0.25, 0.3) is 10.9 Å². The molecule has 1 N–H and O–H groups in total. The van der Waals surface area contributed by atoms with Crippen LogP contribution in [-0.4, -0.2) is 22.8 Å². The van der Waals surface area contributed by atoms with E-state index in [9.17, 15) is 9.90 Å². The highest BCUT2D eigenvalue weighted by Gasteiger charge is 2.29. The number of aliphatic carboxylic acids is 1. The molecule has 0 saturated carbocycles. The minimum Gasteiger partial charge on any atom is -0.495 e. The second-order valence-corrected chi connectivity index (χ2v) is 5.64. The third-order valence-corrected chi connectivity index (χ3v) is 3.71. The van der Waals surface area contributed by atoms with Crippen molar-refractivity contribution in [3.05, 3.63) is 30.0 Å². The molecular weight excluding hydrogens is 254 g/mol. The summed E-state index contributed by atoms with van der Waals surface area (Å²) < 4.78 is 7.56. The number of para-hydroxylation sites is 1. The zero-order valence-corrected chi connectivity index (χ0v) is 12.4. The van der Waals surface area contributed by atoms with Crippen LogP contribution in [0.5, 0.6) is 5.75 Å². The van der Waals surface area contributed by atoms with Crippen LogP contribution in [0.4, 0.5) is 0 Å². The van der Waals surface area contributed by atoms with Crippen molar-refractivity contribution < 1.29 is 14.6 Å². The lowest BCUT2D eigenvalue weighted by Crippen LogP contribution is -2.27. The van der Waals surface area contributed by atoms with Crippen molar-refractivity contribution in [3.8, 4) is 5.75 Å². The van der Waals surface area contributed by atoms with Crippen LogP contribution in [0, 0.1) is 5.41 Å². The first-order valence-corrected chi connectivity index (χ1v) is 6.79. The smallest absolute Gasteiger partial charge is 0.309 e. The number of carboxylic acid groups (broad SMARTS) is 1. The van der Waals surface area contributed by atoms with Crippen LogP contribution in [0.1, 0.15) is 26.5 Å². The average Bonchev–Trinajstić information content (AvgIpc) is 2.74. The Morgan fingerprint density at radius 3 is 2.65 bits per heavy atom. The van der Waals surface area contributed by atoms with Crippen molar-refractivity contribution in [2.45, 2.75) is 33.7 Å². The van der Waals surface area contributed by atoms with Crippen molar-refractivity contribution in [2.24, 2.45) is 5.41 Å². The minimum absolute atomic E-state index is 0.494. The number of carboxylic acids is 1. The average molecular weight is 275 g/mol. The van der Waals surface area contributed by atoms with Gasteiger partial charge in [-0.3, -0.25) is 4.79 Å². The number of nitrogens with zero attached hydrogens (tertiary/aromatic N) is 1. The first-order valence-electron chi connectivity index (χ1n) is 6.79. The number of aromatic nitrogens is 1. The Hall–Kier alpha value is -1.97. The van der Waals surface area contributed by atoms with Gasteiger partial charge in [0.05, 0.1) is 18.0 Å². The molecule has 0 spiro atoms. The van der Waals surface area contributed by atoms with Crippen LogP contribution in [0.2, 0.25) is 0 Å². The predicted molar refractivity (Wildman–Crippen MR) is 79.3 cm³/mol. The van der Waals surface area contributed by atoms with Gasteiger partial charge < -0.3 is 14.4 Å². The maximum Gasteiger partial charge on any atom is 0.309 e. The van der Waals surface area contributed by atoms with E-state index >= 15 is 0 Å². The molecule has 0 bridgehead atoms. The Morgan fingerprint density at radius 1 is 1.40 bits per heavy atom. The van der Waals surface area contributed by atoms with E-state index in [1.807, 2.05) is 18.2 Å². The lowest BCUT2D eigenvalue weighted by atomic mass is 9.88. The number of benzene rings is 1. The fourth-order valence-corrected chi connectivity index (χ4v) is 2.55. The van der Waals surface area contributed by atoms with Gasteiger partial charge in [0.25, 0.3) is 0 Å². The molecule has 0 aliphatic heterocycles. The van der Waals surface area contributed by atoms with Gasteiger partial charge in [0, 0.05) is 24.0 Å². The first-order chi connectivity index (χ1) is 9.40. The summed E-state index contributed by atoms with van der Waals surface area (Å²) >= 11 is 0. The molecule has 4 heteroatoms. The van der Waals surface area contributed by atoms with E-state index in [-0.39, 0.29) is 0 Å². The number of aryl methyl sites for hydroxylation is 1. The molecule has 1 aromatic heterocycles. The number of hydrogen-bond acceptors (Lipinski definition) is 2. The third kappa shape index (κ3) is 2.38. The van der Waals surface area contributed by atoms with Gasteiger partial charge in [0.15, 0.2) is 0 Å². The number of carbonyl (C=O) groups is 1. The van der Waals surface area contributed by atoms with Crippen molar-refractivity contribution in [2.75, 3.05) is 7.11 Å². The number of hydrogen-bond donors (Lipinski definition) is 1. The molecule has 1 aromatic carbocycles. The van der Waals surface area contributed by atoms with E-state index in [0.29, 0.717) is 6.42 Å². The molecule has 108 valence electrons. The maximum absolute atomic E-state index is 11.3. The molecule has 0 aliphatic rings. The summed E-state index contributed by atoms with van der Waals surface area (Å²) in [6.45, 7) is 6.35. The molecular formula is C16H21NO3. The minimum atomic E-state index is -0.783. The molecule has 0 unspecified atom stereocenters. The Labute approximate surface area is 119 Å². The lowest BCUT2D eigenvalue weighted by molar-refractivity contribution is -0.146. The molecule has 2 aromatic rings. The predicted octanol–water partition coefficient (Wildman–Crippen LogP) is 3.32. The Balaban J connectivity index is 2.58. The van der Waals surface area contributed by atoms with E-state index in [1.165, 1.54) is 0 Å². The Kier molecular flexibility index (Phi) is 3.75. The summed E-state index contributed by atoms with van der Waals surface area (Å²) in [5.41, 5.74) is 1.28. The Bertz CT molecular complexity index is 640. The van der Waals surface area contributed by atoms with Gasteiger partial charge in [0.1, 0.15) is 5.75 Å². The second kappa shape index (κ2) is 5.19. The van der Waals surface area contributed by atoms with Crippen LogP contribution in [0.3, 0.4) is 0 Å². The molecule has 2 rings (SSSR count). The topological polar surface area (TPSA) is 51.5 Å². The normalized spacial score (nSPS) is 11.8. The quantitative estimate of drug-likeness (QED) is 0.910. The molecule has 0 fully saturated rings. The summed E-state index contributed by atoms with van der Waals surface area (Å²) in [4.78, 5) is 11.3. The van der Waals surface area contributed by atoms with Crippen LogP contribution in [-0.2, 0) is 17.8 Å². The lowest BCUT2D eigenvalue weighted by Gasteiger charge is -2.20. The molecule has 0 amide bonds. The summed E-state index contributed by atoms with van der Waals surface area (Å²) in [5.74, 6) is 0.0427. The van der Waals surface area contributed by atoms with Gasteiger partial charge in [-0.1, -0.05) is 12.1 Å². The SMILES string of the molecule is CCn1c(CC(C)(C)C(=O)O)cc2cccc(OC)c21. The van der Waals surface area contributed by atoms with Gasteiger partial charge in [-0.05, 0) is 32.9 Å². The second-order valence-electron chi connectivity index (χ2n) is 5.64. The van der Waals surface area contributed by atoms with Crippen molar-refractivity contribution in [1.82, 2.24) is 4.57 Å². The first kappa shape index (κ1) is 14.4. The van der Waals surface area contributed by atoms with Crippen LogP contribution >= 0.6 is 0 Å². The zero-order chi connectivity index (χ0) is 14.9. The number of ether oxygens (including phenoxy) is 1. The largest absolute Gasteiger partial charge is 0.495 e. The highest BCUT2D eigenvalue weighted by molar-refractivity contribution is 5.87. The fourth-order valence-electron chi connectivity index (χ4n) is 2.55. The Morgan fingerprint density at radius 2 is 2.10 bits per heavy atom. The molecule has 0 saturated heterocycles. The molecule has 20 heavy (non-hydrogen) atoms. The van der Waals surface area contributed by atoms with E-state index in [4.69, 9.17) is 4.74 Å². The number of methoxy groups -OCH3 is 1. The summed E-state index contributed by atoms with van der Waals surface area (Å²) in [6.07, 6.45) is 0.494. The zero-order valence-electron chi connectivity index (χ0n) is 12.4. The highest BCUT2D eigenvalue weighted by Crippen LogP contribution is 2.32. The number of rotatable bonds is 5. The summed E-state index contributed by atoms with van der Waals surface area (Å²) in [7, 11) is 1.66. The van der Waals surface area contributed by atoms with Gasteiger partial charge in [-0.2, -0.15) is 0 Å². The molecule has 0 radical (unpaired) electrons. The van der Waals surface area contributed by atoms with Gasteiger partial charge >= 0.3 is 5.97 Å². The van der Waals surface area contributed by atoms with Crippen molar-refractivity contribution >= 4 is 16.9 Å². The van der Waals surface area contributed by atoms with Gasteiger partial charge in [-0.15, -0.1) is 0 Å². The maximum atomic E-state index is 11.3. The third-order valence-electron chi connectivity index (χ3n) is 3.71. The summed E-state index contributed by atoms with van der Waals surface area (Å²) in [6, 6.07) is 7.97. The van der Waals surface area contributed by atoms with E-state index in [0.717, 1.165) is 28.9 Å². The van der Waals surface area contributed by atoms with Crippen LogP contribution < -0.4 is 4.74 Å². The highest BCUT2D eigenvalue weighted by atomic mass is 16.5. The number of fused-ring (bicyclic) bond motifs is 1. The fraction of sp³-hybridized carbons (Fsp3) is 0.438. The van der Waals surface area contributed by atoms with E-state index < -0.39 is 11.4 Å². The van der Waals surface area contributed by atoms with Gasteiger partial charge in [-0.25, -0.2) is 0 Å². The summed E-state index contributed by atoms with van der Waals surface area (Å²) in [5, 5.41) is 10.4. The molecule has 0 atom stereocenters. The van der Waals surface area contributed by atoms with Crippen molar-refractivity contribution in [1.29, 1.82) is 0 Å². The molecule has 1 heterocycles. The molecule has 0 aliphatic carbocycles. The van der Waals surface area contributed by atoms with Crippen LogP contribution in [0.15, 0.2) is 24.3 Å². The van der Waals surface area contributed by atoms with E-state index in [2.05, 4.69) is 17.6 Å². The molecule has 4 nitrogen and oxygen atoms in total. The van der Waals surface area contributed by atoms with E-state index in [1.54, 1.807) is 21.0 Å².